The zero-order valence-corrected chi connectivity index (χ0v) is 15.1. The fourth-order valence-electron chi connectivity index (χ4n) is 2.18. The number of urea groups is 1. The second-order valence-electron chi connectivity index (χ2n) is 7.40. The molecule has 0 heterocycles. The number of benzene rings is 1. The molecule has 1 fully saturated rings. The Labute approximate surface area is 147 Å². The molecular formula is C18H26N4O3. The minimum Gasteiger partial charge on any atom is -0.374 e. The van der Waals surface area contributed by atoms with Gasteiger partial charge >= 0.3 is 6.03 Å². The maximum Gasteiger partial charge on any atom is 0.321 e. The summed E-state index contributed by atoms with van der Waals surface area (Å²) in [6, 6.07) is 6.01. The lowest BCUT2D eigenvalue weighted by Gasteiger charge is -2.21. The first-order valence-corrected chi connectivity index (χ1v) is 8.44. The second-order valence-corrected chi connectivity index (χ2v) is 7.40. The Morgan fingerprint density at radius 2 is 1.76 bits per heavy atom. The SMILES string of the molecule is CC(Nc1cccc(NC(=O)C2CC2)c1)C(=O)NC(=O)NC(C)(C)C. The normalized spacial score (nSPS) is 15.0. The summed E-state index contributed by atoms with van der Waals surface area (Å²) in [5, 5.41) is 10.9. The highest BCUT2D eigenvalue weighted by molar-refractivity contribution is 5.98. The van der Waals surface area contributed by atoms with E-state index >= 15 is 0 Å². The van der Waals surface area contributed by atoms with E-state index in [0.717, 1.165) is 12.8 Å². The summed E-state index contributed by atoms with van der Waals surface area (Å²) in [5.74, 6) is -0.279. The van der Waals surface area contributed by atoms with Gasteiger partial charge in [0.1, 0.15) is 6.04 Å². The van der Waals surface area contributed by atoms with Crippen LogP contribution in [-0.2, 0) is 9.59 Å². The molecule has 4 N–H and O–H groups in total. The first kappa shape index (κ1) is 18.8. The Balaban J connectivity index is 1.88. The lowest BCUT2D eigenvalue weighted by molar-refractivity contribution is -0.120. The van der Waals surface area contributed by atoms with Gasteiger partial charge in [0.2, 0.25) is 11.8 Å². The summed E-state index contributed by atoms with van der Waals surface area (Å²) in [6.07, 6.45) is 1.88. The van der Waals surface area contributed by atoms with Crippen LogP contribution in [0.4, 0.5) is 16.2 Å². The van der Waals surface area contributed by atoms with Gasteiger partial charge in [-0.2, -0.15) is 0 Å². The van der Waals surface area contributed by atoms with Crippen LogP contribution in [0, 0.1) is 5.92 Å². The third-order valence-electron chi connectivity index (χ3n) is 3.58. The number of amides is 4. The number of hydrogen-bond acceptors (Lipinski definition) is 4. The third kappa shape index (κ3) is 6.45. The lowest BCUT2D eigenvalue weighted by Crippen LogP contribution is -2.51. The van der Waals surface area contributed by atoms with Crippen LogP contribution < -0.4 is 21.3 Å². The van der Waals surface area contributed by atoms with E-state index in [0.29, 0.717) is 11.4 Å². The van der Waals surface area contributed by atoms with Gasteiger partial charge in [-0.25, -0.2) is 4.79 Å². The highest BCUT2D eigenvalue weighted by Crippen LogP contribution is 2.30. The monoisotopic (exact) mass is 346 g/mol. The van der Waals surface area contributed by atoms with Gasteiger partial charge in [0.25, 0.3) is 0 Å². The van der Waals surface area contributed by atoms with E-state index in [1.807, 2.05) is 20.8 Å². The topological polar surface area (TPSA) is 99.3 Å². The first-order valence-electron chi connectivity index (χ1n) is 8.44. The number of carbonyl (C=O) groups excluding carboxylic acids is 3. The Hall–Kier alpha value is -2.57. The number of imide groups is 1. The van der Waals surface area contributed by atoms with Crippen molar-refractivity contribution < 1.29 is 14.4 Å². The van der Waals surface area contributed by atoms with Gasteiger partial charge in [0, 0.05) is 22.8 Å². The molecule has 2 rings (SSSR count). The molecule has 1 unspecified atom stereocenters. The van der Waals surface area contributed by atoms with Crippen molar-refractivity contribution in [3.63, 3.8) is 0 Å². The molecule has 1 aromatic carbocycles. The van der Waals surface area contributed by atoms with Crippen molar-refractivity contribution in [2.24, 2.45) is 5.92 Å². The highest BCUT2D eigenvalue weighted by atomic mass is 16.2. The minimum atomic E-state index is -0.611. The zero-order chi connectivity index (χ0) is 18.6. The van der Waals surface area contributed by atoms with Gasteiger partial charge in [-0.1, -0.05) is 6.07 Å². The Morgan fingerprint density at radius 1 is 1.12 bits per heavy atom. The van der Waals surface area contributed by atoms with Crippen molar-refractivity contribution in [2.45, 2.75) is 52.1 Å². The van der Waals surface area contributed by atoms with Crippen LogP contribution in [0.25, 0.3) is 0 Å². The van der Waals surface area contributed by atoms with Crippen LogP contribution in [0.2, 0.25) is 0 Å². The summed E-state index contributed by atoms with van der Waals surface area (Å²) in [7, 11) is 0. The maximum atomic E-state index is 12.1. The van der Waals surface area contributed by atoms with Crippen LogP contribution in [0.1, 0.15) is 40.5 Å². The molecule has 0 aliphatic heterocycles. The summed E-state index contributed by atoms with van der Waals surface area (Å²) in [6.45, 7) is 7.16. The number of carbonyl (C=O) groups is 3. The predicted octanol–water partition coefficient (Wildman–Crippen LogP) is 2.46. The molecule has 1 atom stereocenters. The van der Waals surface area contributed by atoms with Crippen LogP contribution in [0.15, 0.2) is 24.3 Å². The number of rotatable bonds is 5. The van der Waals surface area contributed by atoms with E-state index in [9.17, 15) is 14.4 Å². The molecule has 0 bridgehead atoms. The number of hydrogen-bond donors (Lipinski definition) is 4. The van der Waals surface area contributed by atoms with Crippen molar-refractivity contribution in [1.82, 2.24) is 10.6 Å². The molecule has 136 valence electrons. The van der Waals surface area contributed by atoms with E-state index in [1.54, 1.807) is 31.2 Å². The summed E-state index contributed by atoms with van der Waals surface area (Å²) < 4.78 is 0. The van der Waals surface area contributed by atoms with Crippen LogP contribution in [-0.4, -0.2) is 29.4 Å². The Kier molecular flexibility index (Phi) is 5.66. The minimum absolute atomic E-state index is 0.0294. The fraction of sp³-hybridized carbons (Fsp3) is 0.500. The molecule has 1 aromatic rings. The molecule has 7 nitrogen and oxygen atoms in total. The average molecular weight is 346 g/mol. The van der Waals surface area contributed by atoms with E-state index in [-0.39, 0.29) is 11.8 Å². The molecule has 7 heteroatoms. The molecular weight excluding hydrogens is 320 g/mol. The fourth-order valence-corrected chi connectivity index (χ4v) is 2.18. The highest BCUT2D eigenvalue weighted by Gasteiger charge is 2.29. The number of anilines is 2. The molecule has 1 aliphatic carbocycles. The number of nitrogens with one attached hydrogen (secondary N) is 4. The van der Waals surface area contributed by atoms with Crippen molar-refractivity contribution in [1.29, 1.82) is 0 Å². The van der Waals surface area contributed by atoms with Crippen LogP contribution >= 0.6 is 0 Å². The van der Waals surface area contributed by atoms with Gasteiger partial charge in [0.15, 0.2) is 0 Å². The molecule has 0 radical (unpaired) electrons. The third-order valence-corrected chi connectivity index (χ3v) is 3.58. The maximum absolute atomic E-state index is 12.1. The Bertz CT molecular complexity index is 663. The van der Waals surface area contributed by atoms with Crippen LogP contribution in [0.5, 0.6) is 0 Å². The molecule has 0 saturated heterocycles. The lowest BCUT2D eigenvalue weighted by atomic mass is 10.1. The predicted molar refractivity (Wildman–Crippen MR) is 97.3 cm³/mol. The van der Waals surface area contributed by atoms with Gasteiger partial charge in [0.05, 0.1) is 0 Å². The largest absolute Gasteiger partial charge is 0.374 e. The quantitative estimate of drug-likeness (QED) is 0.658. The van der Waals surface area contributed by atoms with Gasteiger partial charge in [-0.15, -0.1) is 0 Å². The second kappa shape index (κ2) is 7.55. The molecule has 25 heavy (non-hydrogen) atoms. The van der Waals surface area contributed by atoms with Gasteiger partial charge < -0.3 is 16.0 Å². The van der Waals surface area contributed by atoms with Crippen LogP contribution in [0.3, 0.4) is 0 Å². The van der Waals surface area contributed by atoms with Crippen molar-refractivity contribution in [2.75, 3.05) is 10.6 Å². The molecule has 4 amide bonds. The van der Waals surface area contributed by atoms with Crippen molar-refractivity contribution in [3.8, 4) is 0 Å². The van der Waals surface area contributed by atoms with Crippen molar-refractivity contribution in [3.05, 3.63) is 24.3 Å². The van der Waals surface area contributed by atoms with Crippen molar-refractivity contribution >= 4 is 29.2 Å². The summed E-state index contributed by atoms with van der Waals surface area (Å²) in [5.41, 5.74) is 0.947. The molecule has 1 aliphatic rings. The first-order chi connectivity index (χ1) is 11.6. The molecule has 0 aromatic heterocycles. The molecule has 0 spiro atoms. The molecule has 1 saturated carbocycles. The van der Waals surface area contributed by atoms with E-state index in [2.05, 4.69) is 21.3 Å². The zero-order valence-electron chi connectivity index (χ0n) is 15.1. The standard InChI is InChI=1S/C18H26N4O3/c1-11(15(23)21-17(25)22-18(2,3)4)19-13-6-5-7-14(10-13)20-16(24)12-8-9-12/h5-7,10-12,19H,8-9H2,1-4H3,(H,20,24)(H2,21,22,23,25). The van der Waals surface area contributed by atoms with E-state index in [4.69, 9.17) is 0 Å². The van der Waals surface area contributed by atoms with E-state index in [1.165, 1.54) is 0 Å². The Morgan fingerprint density at radius 3 is 2.36 bits per heavy atom. The smallest absolute Gasteiger partial charge is 0.321 e. The van der Waals surface area contributed by atoms with Gasteiger partial charge in [-0.05, 0) is 58.7 Å². The van der Waals surface area contributed by atoms with E-state index < -0.39 is 23.5 Å². The summed E-state index contributed by atoms with van der Waals surface area (Å²) in [4.78, 5) is 35.7. The summed E-state index contributed by atoms with van der Waals surface area (Å²) >= 11 is 0. The van der Waals surface area contributed by atoms with Gasteiger partial charge in [-0.3, -0.25) is 14.9 Å². The average Bonchev–Trinajstić information content (AvgIpc) is 3.29.